The van der Waals surface area contributed by atoms with Gasteiger partial charge < -0.3 is 5.73 Å². The fourth-order valence-electron chi connectivity index (χ4n) is 1.70. The van der Waals surface area contributed by atoms with Crippen LogP contribution < -0.4 is 5.73 Å². The quantitative estimate of drug-likeness (QED) is 0.860. The van der Waals surface area contributed by atoms with Gasteiger partial charge in [0.1, 0.15) is 5.01 Å². The number of rotatable bonds is 5. The largest absolute Gasteiger partial charge is 0.374 e. The van der Waals surface area contributed by atoms with Crippen molar-refractivity contribution in [2.24, 2.45) is 4.36 Å². The van der Waals surface area contributed by atoms with Crippen LogP contribution >= 0.6 is 11.3 Å². The zero-order valence-corrected chi connectivity index (χ0v) is 13.2. The number of anilines is 1. The van der Waals surface area contributed by atoms with Crippen LogP contribution in [0.5, 0.6) is 0 Å². The van der Waals surface area contributed by atoms with Crippen LogP contribution in [-0.2, 0) is 16.1 Å². The number of benzene rings is 1. The summed E-state index contributed by atoms with van der Waals surface area (Å²) in [5, 5.41) is 9.09. The Bertz CT molecular complexity index is 685. The summed E-state index contributed by atoms with van der Waals surface area (Å²) in [5.41, 5.74) is 6.67. The zero-order valence-electron chi connectivity index (χ0n) is 11.6. The monoisotopic (exact) mass is 310 g/mol. The predicted molar refractivity (Wildman–Crippen MR) is 83.4 cm³/mol. The fraction of sp³-hybridized carbons (Fsp3) is 0.385. The number of nitrogens with two attached hydrogens (primary N) is 1. The van der Waals surface area contributed by atoms with Gasteiger partial charge in [0, 0.05) is 24.1 Å². The van der Waals surface area contributed by atoms with Crippen LogP contribution in [0, 0.1) is 6.92 Å². The molecule has 5 nitrogen and oxygen atoms in total. The molecule has 2 aromatic rings. The second-order valence-electron chi connectivity index (χ2n) is 4.61. The number of aromatic nitrogens is 2. The average Bonchev–Trinajstić information content (AvgIpc) is 2.81. The van der Waals surface area contributed by atoms with Crippen molar-refractivity contribution in [2.45, 2.75) is 24.7 Å². The SMILES string of the molecule is Cc1ccc(S(C)(=O)=NCCCc2nnc(N)s2)cc1. The van der Waals surface area contributed by atoms with E-state index in [1.54, 1.807) is 6.26 Å². The molecule has 0 radical (unpaired) electrons. The second-order valence-corrected chi connectivity index (χ2v) is 8.03. The summed E-state index contributed by atoms with van der Waals surface area (Å²) in [5.74, 6) is 0. The minimum Gasteiger partial charge on any atom is -0.374 e. The van der Waals surface area contributed by atoms with E-state index in [2.05, 4.69) is 14.6 Å². The average molecular weight is 310 g/mol. The molecule has 0 aliphatic rings. The van der Waals surface area contributed by atoms with Crippen molar-refractivity contribution in [3.05, 3.63) is 34.8 Å². The van der Waals surface area contributed by atoms with E-state index in [0.29, 0.717) is 11.7 Å². The van der Waals surface area contributed by atoms with Crippen LogP contribution in [0.3, 0.4) is 0 Å². The molecule has 0 aliphatic heterocycles. The minimum absolute atomic E-state index is 0.482. The molecule has 1 aromatic heterocycles. The first kappa shape index (κ1) is 14.9. The van der Waals surface area contributed by atoms with Crippen LogP contribution in [0.25, 0.3) is 0 Å². The topological polar surface area (TPSA) is 81.2 Å². The summed E-state index contributed by atoms with van der Waals surface area (Å²) in [6.07, 6.45) is 3.24. The Morgan fingerprint density at radius 2 is 2.00 bits per heavy atom. The molecule has 20 heavy (non-hydrogen) atoms. The Kier molecular flexibility index (Phi) is 4.72. The molecule has 0 aliphatic carbocycles. The highest BCUT2D eigenvalue weighted by Gasteiger charge is 2.05. The lowest BCUT2D eigenvalue weighted by Crippen LogP contribution is -2.00. The third-order valence-corrected chi connectivity index (χ3v) is 5.46. The lowest BCUT2D eigenvalue weighted by molar-refractivity contribution is 0.677. The number of hydrogen-bond acceptors (Lipinski definition) is 6. The Morgan fingerprint density at radius 3 is 2.60 bits per heavy atom. The van der Waals surface area contributed by atoms with Crippen molar-refractivity contribution in [3.63, 3.8) is 0 Å². The van der Waals surface area contributed by atoms with Crippen molar-refractivity contribution in [3.8, 4) is 0 Å². The van der Waals surface area contributed by atoms with Gasteiger partial charge >= 0.3 is 0 Å². The Hall–Kier alpha value is -1.47. The van der Waals surface area contributed by atoms with Crippen LogP contribution in [0.1, 0.15) is 17.0 Å². The van der Waals surface area contributed by atoms with Gasteiger partial charge in [-0.3, -0.25) is 0 Å². The molecular weight excluding hydrogens is 292 g/mol. The highest BCUT2D eigenvalue weighted by atomic mass is 32.2. The summed E-state index contributed by atoms with van der Waals surface area (Å²) >= 11 is 1.39. The van der Waals surface area contributed by atoms with Crippen molar-refractivity contribution in [2.75, 3.05) is 18.5 Å². The molecule has 1 heterocycles. The van der Waals surface area contributed by atoms with E-state index in [9.17, 15) is 4.21 Å². The van der Waals surface area contributed by atoms with Crippen LogP contribution in [0.15, 0.2) is 33.5 Å². The van der Waals surface area contributed by atoms with E-state index >= 15 is 0 Å². The molecule has 2 rings (SSSR count). The molecule has 1 unspecified atom stereocenters. The number of aryl methyl sites for hydroxylation is 2. The molecule has 1 atom stereocenters. The van der Waals surface area contributed by atoms with Gasteiger partial charge in [-0.2, -0.15) is 0 Å². The molecule has 0 bridgehead atoms. The van der Waals surface area contributed by atoms with Crippen molar-refractivity contribution >= 4 is 26.2 Å². The van der Waals surface area contributed by atoms with Gasteiger partial charge in [0.25, 0.3) is 0 Å². The highest BCUT2D eigenvalue weighted by molar-refractivity contribution is 7.93. The molecule has 0 amide bonds. The van der Waals surface area contributed by atoms with E-state index in [-0.39, 0.29) is 0 Å². The highest BCUT2D eigenvalue weighted by Crippen LogP contribution is 2.15. The molecule has 0 saturated carbocycles. The Labute approximate surface area is 123 Å². The molecule has 2 N–H and O–H groups in total. The summed E-state index contributed by atoms with van der Waals surface area (Å²) in [7, 11) is -2.31. The third-order valence-electron chi connectivity index (χ3n) is 2.83. The van der Waals surface area contributed by atoms with Crippen LogP contribution in [-0.4, -0.2) is 27.2 Å². The lowest BCUT2D eigenvalue weighted by atomic mass is 10.2. The standard InChI is InChI=1S/C13H18N4OS2/c1-10-5-7-11(8-6-10)20(2,18)15-9-3-4-12-16-17-13(14)19-12/h5-8H,3-4,9H2,1-2H3,(H2,14,17). The fourth-order valence-corrected chi connectivity index (χ4v) is 3.62. The van der Waals surface area contributed by atoms with Gasteiger partial charge in [-0.25, -0.2) is 8.57 Å². The minimum atomic E-state index is -2.31. The summed E-state index contributed by atoms with van der Waals surface area (Å²) in [4.78, 5) is 0.781. The Balaban J connectivity index is 1.96. The molecular formula is C13H18N4OS2. The molecule has 0 saturated heterocycles. The number of nitrogens with zero attached hydrogens (tertiary/aromatic N) is 3. The van der Waals surface area contributed by atoms with E-state index in [1.807, 2.05) is 31.2 Å². The van der Waals surface area contributed by atoms with Gasteiger partial charge in [0.05, 0.1) is 9.73 Å². The maximum Gasteiger partial charge on any atom is 0.203 e. The van der Waals surface area contributed by atoms with E-state index in [1.165, 1.54) is 11.3 Å². The summed E-state index contributed by atoms with van der Waals surface area (Å²) < 4.78 is 16.8. The third kappa shape index (κ3) is 4.01. The normalized spacial score (nSPS) is 13.9. The molecule has 7 heteroatoms. The number of hydrogen-bond donors (Lipinski definition) is 1. The first-order valence-corrected chi connectivity index (χ1v) is 9.04. The number of nitrogen functional groups attached to an aromatic ring is 1. The van der Waals surface area contributed by atoms with Crippen LogP contribution in [0.4, 0.5) is 5.13 Å². The second kappa shape index (κ2) is 6.32. The summed E-state index contributed by atoms with van der Waals surface area (Å²) in [6.45, 7) is 2.55. The van der Waals surface area contributed by atoms with Gasteiger partial charge in [-0.1, -0.05) is 29.0 Å². The molecule has 0 fully saturated rings. The van der Waals surface area contributed by atoms with E-state index in [4.69, 9.17) is 5.73 Å². The predicted octanol–water partition coefficient (Wildman–Crippen LogP) is 2.52. The van der Waals surface area contributed by atoms with Crippen molar-refractivity contribution in [1.82, 2.24) is 10.2 Å². The zero-order chi connectivity index (χ0) is 14.6. The maximum atomic E-state index is 12.5. The van der Waals surface area contributed by atoms with E-state index < -0.39 is 9.73 Å². The van der Waals surface area contributed by atoms with Crippen LogP contribution in [0.2, 0.25) is 0 Å². The smallest absolute Gasteiger partial charge is 0.203 e. The molecule has 1 aromatic carbocycles. The first-order chi connectivity index (χ1) is 9.47. The molecule has 108 valence electrons. The first-order valence-electron chi connectivity index (χ1n) is 6.30. The van der Waals surface area contributed by atoms with Crippen molar-refractivity contribution in [1.29, 1.82) is 0 Å². The molecule has 0 spiro atoms. The van der Waals surface area contributed by atoms with Crippen molar-refractivity contribution < 1.29 is 4.21 Å². The lowest BCUT2D eigenvalue weighted by Gasteiger charge is -2.04. The van der Waals surface area contributed by atoms with Gasteiger partial charge in [-0.05, 0) is 25.5 Å². The Morgan fingerprint density at radius 1 is 1.30 bits per heavy atom. The summed E-state index contributed by atoms with van der Waals surface area (Å²) in [6, 6.07) is 7.68. The maximum absolute atomic E-state index is 12.5. The van der Waals surface area contributed by atoms with Gasteiger partial charge in [0.2, 0.25) is 5.13 Å². The van der Waals surface area contributed by atoms with E-state index in [0.717, 1.165) is 28.3 Å². The van der Waals surface area contributed by atoms with Gasteiger partial charge in [-0.15, -0.1) is 10.2 Å². The van der Waals surface area contributed by atoms with Gasteiger partial charge in [0.15, 0.2) is 0 Å².